The standard InChI is InChI=1S/C16H13BrClN3/c1-9-6-15(12-8-11(19)3-5-14(12)20-9)21-16-7-10(18)2-4-13(16)17/h2-8H,19H2,1H3,(H,20,21). The van der Waals surface area contributed by atoms with Crippen LogP contribution in [0.5, 0.6) is 0 Å². The van der Waals surface area contributed by atoms with Crippen LogP contribution >= 0.6 is 27.5 Å². The third-order valence-corrected chi connectivity index (χ3v) is 4.09. The molecule has 0 radical (unpaired) electrons. The molecule has 3 rings (SSSR count). The van der Waals surface area contributed by atoms with Gasteiger partial charge in [-0.1, -0.05) is 11.6 Å². The summed E-state index contributed by atoms with van der Waals surface area (Å²) in [5.74, 6) is 0. The average molecular weight is 363 g/mol. The van der Waals surface area contributed by atoms with Gasteiger partial charge in [-0.2, -0.15) is 0 Å². The smallest absolute Gasteiger partial charge is 0.0727 e. The van der Waals surface area contributed by atoms with Crippen LogP contribution in [0, 0.1) is 6.92 Å². The molecule has 0 aliphatic carbocycles. The summed E-state index contributed by atoms with van der Waals surface area (Å²) in [4.78, 5) is 4.53. The molecule has 0 unspecified atom stereocenters. The normalized spacial score (nSPS) is 10.8. The van der Waals surface area contributed by atoms with Crippen molar-refractivity contribution >= 4 is 55.5 Å². The molecule has 2 aromatic carbocycles. The Hall–Kier alpha value is -1.78. The number of aryl methyl sites for hydroxylation is 1. The van der Waals surface area contributed by atoms with Gasteiger partial charge in [-0.25, -0.2) is 0 Å². The maximum Gasteiger partial charge on any atom is 0.0727 e. The molecule has 0 spiro atoms. The number of nitrogen functional groups attached to an aromatic ring is 1. The lowest BCUT2D eigenvalue weighted by atomic mass is 10.1. The molecule has 3 N–H and O–H groups in total. The van der Waals surface area contributed by atoms with Gasteiger partial charge in [0.1, 0.15) is 0 Å². The number of anilines is 3. The zero-order chi connectivity index (χ0) is 15.0. The summed E-state index contributed by atoms with van der Waals surface area (Å²) in [6.07, 6.45) is 0. The lowest BCUT2D eigenvalue weighted by Gasteiger charge is -2.13. The zero-order valence-electron chi connectivity index (χ0n) is 11.3. The van der Waals surface area contributed by atoms with E-state index in [1.54, 1.807) is 0 Å². The van der Waals surface area contributed by atoms with Gasteiger partial charge < -0.3 is 11.1 Å². The lowest BCUT2D eigenvalue weighted by Crippen LogP contribution is -1.96. The second-order valence-electron chi connectivity index (χ2n) is 4.84. The molecule has 1 heterocycles. The van der Waals surface area contributed by atoms with Crippen LogP contribution in [0.15, 0.2) is 46.9 Å². The Bertz CT molecular complexity index is 833. The zero-order valence-corrected chi connectivity index (χ0v) is 13.7. The first-order chi connectivity index (χ1) is 10.0. The predicted octanol–water partition coefficient (Wildman–Crippen LogP) is 5.28. The first-order valence-corrected chi connectivity index (χ1v) is 7.59. The highest BCUT2D eigenvalue weighted by Crippen LogP contribution is 2.32. The topological polar surface area (TPSA) is 50.9 Å². The second-order valence-corrected chi connectivity index (χ2v) is 6.13. The molecule has 3 aromatic rings. The number of pyridine rings is 1. The highest BCUT2D eigenvalue weighted by Gasteiger charge is 2.07. The van der Waals surface area contributed by atoms with Crippen molar-refractivity contribution in [2.24, 2.45) is 0 Å². The number of nitrogens with one attached hydrogen (secondary N) is 1. The van der Waals surface area contributed by atoms with Gasteiger partial charge in [0.05, 0.1) is 11.2 Å². The Kier molecular flexibility index (Phi) is 3.74. The second kappa shape index (κ2) is 5.54. The summed E-state index contributed by atoms with van der Waals surface area (Å²) in [7, 11) is 0. The fourth-order valence-corrected chi connectivity index (χ4v) is 2.74. The number of halogens is 2. The van der Waals surface area contributed by atoms with Crippen molar-refractivity contribution < 1.29 is 0 Å². The van der Waals surface area contributed by atoms with E-state index in [4.69, 9.17) is 17.3 Å². The number of hydrogen-bond acceptors (Lipinski definition) is 3. The summed E-state index contributed by atoms with van der Waals surface area (Å²) in [6, 6.07) is 13.3. The van der Waals surface area contributed by atoms with Gasteiger partial charge in [-0.05, 0) is 65.3 Å². The van der Waals surface area contributed by atoms with E-state index in [0.717, 1.165) is 32.4 Å². The third-order valence-electron chi connectivity index (χ3n) is 3.16. The predicted molar refractivity (Wildman–Crippen MR) is 93.3 cm³/mol. The molecule has 0 saturated heterocycles. The first-order valence-electron chi connectivity index (χ1n) is 6.42. The van der Waals surface area contributed by atoms with Crippen LogP contribution < -0.4 is 11.1 Å². The van der Waals surface area contributed by atoms with E-state index in [2.05, 4.69) is 26.2 Å². The SMILES string of the molecule is Cc1cc(Nc2cc(Cl)ccc2Br)c2cc(N)ccc2n1. The van der Waals surface area contributed by atoms with Gasteiger partial charge >= 0.3 is 0 Å². The van der Waals surface area contributed by atoms with E-state index < -0.39 is 0 Å². The molecule has 0 bridgehead atoms. The summed E-state index contributed by atoms with van der Waals surface area (Å²) >= 11 is 9.59. The van der Waals surface area contributed by atoms with Gasteiger partial charge in [0, 0.05) is 32.0 Å². The van der Waals surface area contributed by atoms with Gasteiger partial charge in [-0.3, -0.25) is 4.98 Å². The van der Waals surface area contributed by atoms with Crippen molar-refractivity contribution in [3.63, 3.8) is 0 Å². The minimum atomic E-state index is 0.676. The number of rotatable bonds is 2. The van der Waals surface area contributed by atoms with Crippen molar-refractivity contribution in [1.29, 1.82) is 0 Å². The Balaban J connectivity index is 2.15. The monoisotopic (exact) mass is 361 g/mol. The van der Waals surface area contributed by atoms with E-state index in [1.165, 1.54) is 0 Å². The Morgan fingerprint density at radius 3 is 2.71 bits per heavy atom. The number of fused-ring (bicyclic) bond motifs is 1. The van der Waals surface area contributed by atoms with E-state index in [1.807, 2.05) is 49.4 Å². The van der Waals surface area contributed by atoms with Crippen molar-refractivity contribution in [3.8, 4) is 0 Å². The number of nitrogens with zero attached hydrogens (tertiary/aromatic N) is 1. The van der Waals surface area contributed by atoms with Gasteiger partial charge in [0.25, 0.3) is 0 Å². The molecule has 0 fully saturated rings. The molecular formula is C16H13BrClN3. The van der Waals surface area contributed by atoms with Crippen LogP contribution in [-0.2, 0) is 0 Å². The average Bonchev–Trinajstić information content (AvgIpc) is 2.43. The van der Waals surface area contributed by atoms with Crippen LogP contribution in [0.2, 0.25) is 5.02 Å². The summed E-state index contributed by atoms with van der Waals surface area (Å²) in [5, 5.41) is 5.05. The first kappa shape index (κ1) is 14.2. The minimum Gasteiger partial charge on any atom is -0.399 e. The Morgan fingerprint density at radius 1 is 1.10 bits per heavy atom. The molecule has 0 amide bonds. The Labute approximate surface area is 136 Å². The van der Waals surface area contributed by atoms with Crippen molar-refractivity contribution in [1.82, 2.24) is 4.98 Å². The van der Waals surface area contributed by atoms with E-state index >= 15 is 0 Å². The number of benzene rings is 2. The van der Waals surface area contributed by atoms with E-state index in [-0.39, 0.29) is 0 Å². The van der Waals surface area contributed by atoms with Crippen molar-refractivity contribution in [2.75, 3.05) is 11.1 Å². The van der Waals surface area contributed by atoms with Gasteiger partial charge in [-0.15, -0.1) is 0 Å². The van der Waals surface area contributed by atoms with E-state index in [0.29, 0.717) is 10.7 Å². The third kappa shape index (κ3) is 2.96. The molecule has 21 heavy (non-hydrogen) atoms. The Morgan fingerprint density at radius 2 is 1.90 bits per heavy atom. The van der Waals surface area contributed by atoms with Crippen molar-refractivity contribution in [3.05, 3.63) is 57.7 Å². The van der Waals surface area contributed by atoms with Gasteiger partial charge in [0.15, 0.2) is 0 Å². The van der Waals surface area contributed by atoms with E-state index in [9.17, 15) is 0 Å². The molecule has 0 aliphatic rings. The summed E-state index contributed by atoms with van der Waals surface area (Å²) in [5.41, 5.74) is 10.3. The number of nitrogens with two attached hydrogens (primary N) is 1. The van der Waals surface area contributed by atoms with Gasteiger partial charge in [0.2, 0.25) is 0 Å². The molecule has 3 nitrogen and oxygen atoms in total. The molecule has 106 valence electrons. The largest absolute Gasteiger partial charge is 0.399 e. The maximum atomic E-state index is 6.06. The molecule has 0 saturated carbocycles. The lowest BCUT2D eigenvalue weighted by molar-refractivity contribution is 1.25. The van der Waals surface area contributed by atoms with Crippen LogP contribution in [0.1, 0.15) is 5.69 Å². The summed E-state index contributed by atoms with van der Waals surface area (Å²) in [6.45, 7) is 1.97. The van der Waals surface area contributed by atoms with Crippen LogP contribution in [0.4, 0.5) is 17.1 Å². The number of aromatic nitrogens is 1. The molecule has 5 heteroatoms. The number of hydrogen-bond donors (Lipinski definition) is 2. The van der Waals surface area contributed by atoms with Crippen LogP contribution in [0.25, 0.3) is 10.9 Å². The molecule has 0 aliphatic heterocycles. The highest BCUT2D eigenvalue weighted by molar-refractivity contribution is 9.10. The fourth-order valence-electron chi connectivity index (χ4n) is 2.22. The van der Waals surface area contributed by atoms with Crippen molar-refractivity contribution in [2.45, 2.75) is 6.92 Å². The molecular weight excluding hydrogens is 350 g/mol. The minimum absolute atomic E-state index is 0.676. The van der Waals surface area contributed by atoms with Crippen LogP contribution in [0.3, 0.4) is 0 Å². The summed E-state index contributed by atoms with van der Waals surface area (Å²) < 4.78 is 0.943. The van der Waals surface area contributed by atoms with Crippen LogP contribution in [-0.4, -0.2) is 4.98 Å². The maximum absolute atomic E-state index is 6.06. The quantitative estimate of drug-likeness (QED) is 0.609. The highest BCUT2D eigenvalue weighted by atomic mass is 79.9. The molecule has 0 atom stereocenters. The fraction of sp³-hybridized carbons (Fsp3) is 0.0625. The molecule has 1 aromatic heterocycles.